The number of nitrogens with one attached hydrogen (secondary N) is 1. The number of ether oxygens (including phenoxy) is 4. The highest BCUT2D eigenvalue weighted by atomic mass is 16.5. The molecule has 0 saturated heterocycles. The van der Waals surface area contributed by atoms with E-state index in [4.69, 9.17) is 18.9 Å². The second kappa shape index (κ2) is 10.7. The smallest absolute Gasteiger partial charge is 0.256 e. The summed E-state index contributed by atoms with van der Waals surface area (Å²) in [5, 5.41) is 6.87. The zero-order valence-electron chi connectivity index (χ0n) is 21.7. The number of pyridine rings is 1. The largest absolute Gasteiger partial charge is 0.493 e. The van der Waals surface area contributed by atoms with Gasteiger partial charge in [-0.05, 0) is 52.1 Å². The van der Waals surface area contributed by atoms with Crippen molar-refractivity contribution in [2.24, 2.45) is 0 Å². The van der Waals surface area contributed by atoms with E-state index in [1.165, 1.54) is 0 Å². The Kier molecular flexibility index (Phi) is 7.00. The van der Waals surface area contributed by atoms with Gasteiger partial charge in [-0.1, -0.05) is 36.4 Å². The second-order valence-electron chi connectivity index (χ2n) is 8.71. The zero-order chi connectivity index (χ0) is 26.6. The Morgan fingerprint density at radius 1 is 0.711 bits per heavy atom. The van der Waals surface area contributed by atoms with Crippen LogP contribution in [-0.4, -0.2) is 39.3 Å². The van der Waals surface area contributed by atoms with E-state index in [2.05, 4.69) is 10.3 Å². The summed E-state index contributed by atoms with van der Waals surface area (Å²) in [6.07, 6.45) is 2.19. The van der Waals surface area contributed by atoms with Crippen LogP contribution in [0.3, 0.4) is 0 Å². The Hall–Kier alpha value is -4.78. The van der Waals surface area contributed by atoms with Gasteiger partial charge in [-0.25, -0.2) is 0 Å². The predicted molar refractivity (Wildman–Crippen MR) is 149 cm³/mol. The van der Waals surface area contributed by atoms with Crippen molar-refractivity contribution >= 4 is 33.1 Å². The average molecular weight is 509 g/mol. The molecule has 0 atom stereocenters. The number of hydrogen-bond donors (Lipinski definition) is 1. The lowest BCUT2D eigenvalue weighted by Gasteiger charge is -2.17. The van der Waals surface area contributed by atoms with Crippen LogP contribution in [0.2, 0.25) is 0 Å². The van der Waals surface area contributed by atoms with E-state index in [1.807, 2.05) is 66.7 Å². The summed E-state index contributed by atoms with van der Waals surface area (Å²) in [6.45, 7) is 0. The van der Waals surface area contributed by atoms with Crippen LogP contribution in [0.4, 0.5) is 5.69 Å². The molecule has 1 heterocycles. The Morgan fingerprint density at radius 2 is 1.37 bits per heavy atom. The molecule has 4 aromatic carbocycles. The number of fused-ring (bicyclic) bond motifs is 2. The molecule has 38 heavy (non-hydrogen) atoms. The molecule has 0 saturated carbocycles. The van der Waals surface area contributed by atoms with Crippen LogP contribution in [0, 0.1) is 0 Å². The lowest BCUT2D eigenvalue weighted by molar-refractivity contribution is 0.102. The number of amides is 1. The molecule has 0 aliphatic rings. The van der Waals surface area contributed by atoms with E-state index in [9.17, 15) is 4.79 Å². The van der Waals surface area contributed by atoms with Crippen molar-refractivity contribution in [3.63, 3.8) is 0 Å². The minimum Gasteiger partial charge on any atom is -0.493 e. The van der Waals surface area contributed by atoms with Gasteiger partial charge in [0.25, 0.3) is 5.91 Å². The number of hydrogen-bond acceptors (Lipinski definition) is 6. The highest BCUT2D eigenvalue weighted by molar-refractivity contribution is 6.13. The van der Waals surface area contributed by atoms with Gasteiger partial charge in [0.15, 0.2) is 23.0 Å². The third kappa shape index (κ3) is 4.66. The molecule has 1 N–H and O–H groups in total. The quantitative estimate of drug-likeness (QED) is 0.266. The maximum absolute atomic E-state index is 13.5. The first kappa shape index (κ1) is 24.9. The Balaban J connectivity index is 1.59. The molecule has 0 aliphatic heterocycles. The second-order valence-corrected chi connectivity index (χ2v) is 8.71. The van der Waals surface area contributed by atoms with Crippen LogP contribution < -0.4 is 24.3 Å². The van der Waals surface area contributed by atoms with Gasteiger partial charge in [-0.3, -0.25) is 9.78 Å². The topological polar surface area (TPSA) is 78.9 Å². The van der Waals surface area contributed by atoms with Crippen LogP contribution in [0.5, 0.6) is 23.0 Å². The van der Waals surface area contributed by atoms with E-state index < -0.39 is 0 Å². The maximum atomic E-state index is 13.5. The Bertz CT molecular complexity index is 1640. The van der Waals surface area contributed by atoms with Crippen molar-refractivity contribution in [2.75, 3.05) is 33.8 Å². The molecular weight excluding hydrogens is 480 g/mol. The van der Waals surface area contributed by atoms with Gasteiger partial charge in [-0.2, -0.15) is 0 Å². The lowest BCUT2D eigenvalue weighted by atomic mass is 10.00. The number of nitrogens with zero attached hydrogens (tertiary/aromatic N) is 1. The monoisotopic (exact) mass is 508 g/mol. The molecule has 192 valence electrons. The number of carbonyl (C=O) groups is 1. The van der Waals surface area contributed by atoms with Crippen LogP contribution >= 0.6 is 0 Å². The number of methoxy groups -OCH3 is 4. The molecule has 0 fully saturated rings. The number of anilines is 1. The van der Waals surface area contributed by atoms with E-state index in [-0.39, 0.29) is 5.91 Å². The predicted octanol–water partition coefficient (Wildman–Crippen LogP) is 6.27. The third-order valence-corrected chi connectivity index (χ3v) is 6.60. The summed E-state index contributed by atoms with van der Waals surface area (Å²) in [7, 11) is 6.37. The van der Waals surface area contributed by atoms with Crippen molar-refractivity contribution in [1.29, 1.82) is 0 Å². The van der Waals surface area contributed by atoms with Gasteiger partial charge in [0.05, 0.1) is 34.1 Å². The Labute approximate surface area is 220 Å². The molecule has 5 rings (SSSR count). The summed E-state index contributed by atoms with van der Waals surface area (Å²) < 4.78 is 22.1. The van der Waals surface area contributed by atoms with Crippen molar-refractivity contribution in [3.05, 3.63) is 95.8 Å². The summed E-state index contributed by atoms with van der Waals surface area (Å²) in [4.78, 5) is 18.2. The molecule has 1 aromatic heterocycles. The molecule has 1 amide bonds. The zero-order valence-corrected chi connectivity index (χ0v) is 21.7. The molecular formula is C31H28N2O5. The minimum absolute atomic E-state index is 0.215. The molecule has 0 unspecified atom stereocenters. The molecule has 7 heteroatoms. The van der Waals surface area contributed by atoms with E-state index in [0.29, 0.717) is 40.7 Å². The van der Waals surface area contributed by atoms with Crippen LogP contribution in [-0.2, 0) is 6.42 Å². The van der Waals surface area contributed by atoms with Crippen LogP contribution in [0.25, 0.3) is 21.5 Å². The number of benzene rings is 4. The normalized spacial score (nSPS) is 10.8. The summed E-state index contributed by atoms with van der Waals surface area (Å²) in [6, 6.07) is 23.0. The first-order valence-corrected chi connectivity index (χ1v) is 12.1. The van der Waals surface area contributed by atoms with Gasteiger partial charge in [0.2, 0.25) is 0 Å². The molecule has 0 radical (unpaired) electrons. The fraction of sp³-hybridized carbons (Fsp3) is 0.161. The van der Waals surface area contributed by atoms with Crippen molar-refractivity contribution in [3.8, 4) is 23.0 Å². The van der Waals surface area contributed by atoms with Gasteiger partial charge in [0.1, 0.15) is 0 Å². The fourth-order valence-corrected chi connectivity index (χ4v) is 4.68. The first-order chi connectivity index (χ1) is 18.6. The number of aromatic nitrogens is 1. The van der Waals surface area contributed by atoms with Gasteiger partial charge in [0, 0.05) is 35.3 Å². The average Bonchev–Trinajstić information content (AvgIpc) is 2.96. The first-order valence-electron chi connectivity index (χ1n) is 12.1. The van der Waals surface area contributed by atoms with Gasteiger partial charge < -0.3 is 24.3 Å². The van der Waals surface area contributed by atoms with Crippen LogP contribution in [0.1, 0.15) is 21.6 Å². The van der Waals surface area contributed by atoms with Gasteiger partial charge >= 0.3 is 0 Å². The lowest BCUT2D eigenvalue weighted by Crippen LogP contribution is -2.14. The van der Waals surface area contributed by atoms with E-state index in [0.717, 1.165) is 32.8 Å². The molecule has 5 aromatic rings. The summed E-state index contributed by atoms with van der Waals surface area (Å²) in [5.74, 6) is 2.12. The highest BCUT2D eigenvalue weighted by Gasteiger charge is 2.18. The van der Waals surface area contributed by atoms with Crippen LogP contribution in [0.15, 0.2) is 79.0 Å². The van der Waals surface area contributed by atoms with E-state index in [1.54, 1.807) is 40.7 Å². The molecule has 0 bridgehead atoms. The minimum atomic E-state index is -0.215. The number of carbonyl (C=O) groups excluding carboxylic acids is 1. The number of rotatable bonds is 8. The SMILES string of the molecule is COc1cc(Cc2nccc3cc(OC)c(OC)cc23)c(NC(=O)c2cccc3ccccc23)cc1OC. The van der Waals surface area contributed by atoms with Gasteiger partial charge in [-0.15, -0.1) is 0 Å². The molecule has 0 aliphatic carbocycles. The van der Waals surface area contributed by atoms with Crippen molar-refractivity contribution in [2.45, 2.75) is 6.42 Å². The summed E-state index contributed by atoms with van der Waals surface area (Å²) >= 11 is 0. The van der Waals surface area contributed by atoms with Crippen molar-refractivity contribution < 1.29 is 23.7 Å². The molecule has 7 nitrogen and oxygen atoms in total. The fourth-order valence-electron chi connectivity index (χ4n) is 4.68. The van der Waals surface area contributed by atoms with Crippen molar-refractivity contribution in [1.82, 2.24) is 4.98 Å². The third-order valence-electron chi connectivity index (χ3n) is 6.60. The molecule has 0 spiro atoms. The maximum Gasteiger partial charge on any atom is 0.256 e. The Morgan fingerprint density at radius 3 is 2.13 bits per heavy atom. The highest BCUT2D eigenvalue weighted by Crippen LogP contribution is 2.37. The summed E-state index contributed by atoms with van der Waals surface area (Å²) in [5.41, 5.74) is 2.84. The van der Waals surface area contributed by atoms with E-state index >= 15 is 0 Å². The standard InChI is InChI=1S/C31H28N2O5/c1-35-27-15-20-12-13-32-26(24(20)17-29(27)37-3)14-21-16-28(36-2)30(38-4)18-25(21)33-31(34)23-11-7-9-19-8-5-6-10-22(19)23/h5-13,15-18H,14H2,1-4H3,(H,33,34).